The highest BCUT2D eigenvalue weighted by Gasteiger charge is 2.19. The maximum Gasteiger partial charge on any atom is 0.236 e. The Hall–Kier alpha value is -0.570. The monoisotopic (exact) mass is 268 g/mol. The van der Waals surface area contributed by atoms with Gasteiger partial charge in [-0.2, -0.15) is 0 Å². The molecule has 0 aromatic carbocycles. The Morgan fingerprint density at radius 3 is 2.47 bits per heavy atom. The predicted octanol–water partition coefficient (Wildman–Crippen LogP) is 3.20. The molecular weight excluding hydrogens is 236 g/mol. The van der Waals surface area contributed by atoms with Crippen LogP contribution in [-0.2, 0) is 4.79 Å². The van der Waals surface area contributed by atoms with Crippen molar-refractivity contribution in [3.8, 4) is 0 Å². The lowest BCUT2D eigenvalue weighted by Gasteiger charge is -2.28. The number of hydrogen-bond donors (Lipinski definition) is 1. The summed E-state index contributed by atoms with van der Waals surface area (Å²) < 4.78 is 0. The van der Waals surface area contributed by atoms with Crippen LogP contribution < -0.4 is 5.32 Å². The summed E-state index contributed by atoms with van der Waals surface area (Å²) in [6.45, 7) is 10.2. The molecule has 1 amide bonds. The van der Waals surface area contributed by atoms with Crippen molar-refractivity contribution < 1.29 is 4.79 Å². The fourth-order valence-electron chi connectivity index (χ4n) is 2.70. The first-order valence-corrected chi connectivity index (χ1v) is 8.04. The van der Waals surface area contributed by atoms with Crippen LogP contribution in [0.5, 0.6) is 0 Å². The topological polar surface area (TPSA) is 32.3 Å². The first kappa shape index (κ1) is 16.5. The summed E-state index contributed by atoms with van der Waals surface area (Å²) in [6.07, 6.45) is 8.76. The number of unbranched alkanes of at least 4 members (excludes halogenated alkanes) is 2. The first-order valence-electron chi connectivity index (χ1n) is 8.04. The van der Waals surface area contributed by atoms with E-state index in [0.29, 0.717) is 12.0 Å². The van der Waals surface area contributed by atoms with Gasteiger partial charge in [0.1, 0.15) is 0 Å². The van der Waals surface area contributed by atoms with Crippen molar-refractivity contribution in [1.82, 2.24) is 10.2 Å². The second-order valence-electron chi connectivity index (χ2n) is 6.67. The van der Waals surface area contributed by atoms with Crippen LogP contribution in [0.1, 0.15) is 65.7 Å². The molecule has 0 bridgehead atoms. The third-order valence-electron chi connectivity index (χ3n) is 4.05. The SMILES string of the molecule is CCCCCC(C)(C)CNCC(=O)N1CCCCC1. The zero-order valence-electron chi connectivity index (χ0n) is 13.1. The Bertz CT molecular complexity index is 257. The summed E-state index contributed by atoms with van der Waals surface area (Å²) in [6, 6.07) is 0. The predicted molar refractivity (Wildman–Crippen MR) is 81.2 cm³/mol. The number of nitrogens with one attached hydrogen (secondary N) is 1. The molecule has 1 aliphatic rings. The maximum absolute atomic E-state index is 12.0. The van der Waals surface area contributed by atoms with E-state index in [9.17, 15) is 4.79 Å². The molecule has 112 valence electrons. The van der Waals surface area contributed by atoms with E-state index in [-0.39, 0.29) is 5.91 Å². The molecule has 0 spiro atoms. The number of nitrogens with zero attached hydrogens (tertiary/aromatic N) is 1. The molecule has 0 aliphatic carbocycles. The van der Waals surface area contributed by atoms with Crippen LogP contribution in [0.25, 0.3) is 0 Å². The maximum atomic E-state index is 12.0. The molecule has 0 aromatic heterocycles. The molecule has 1 N–H and O–H groups in total. The zero-order valence-corrected chi connectivity index (χ0v) is 13.1. The van der Waals surface area contributed by atoms with Crippen LogP contribution in [0.2, 0.25) is 0 Å². The summed E-state index contributed by atoms with van der Waals surface area (Å²) in [5.41, 5.74) is 0.303. The lowest BCUT2D eigenvalue weighted by Crippen LogP contribution is -2.43. The van der Waals surface area contributed by atoms with E-state index < -0.39 is 0 Å². The van der Waals surface area contributed by atoms with Gasteiger partial charge < -0.3 is 10.2 Å². The highest BCUT2D eigenvalue weighted by Crippen LogP contribution is 2.22. The van der Waals surface area contributed by atoms with Gasteiger partial charge in [0.2, 0.25) is 5.91 Å². The number of piperidine rings is 1. The smallest absolute Gasteiger partial charge is 0.236 e. The van der Waals surface area contributed by atoms with Gasteiger partial charge in [-0.05, 0) is 31.1 Å². The van der Waals surface area contributed by atoms with Gasteiger partial charge >= 0.3 is 0 Å². The molecule has 0 unspecified atom stereocenters. The van der Waals surface area contributed by atoms with Gasteiger partial charge in [-0.3, -0.25) is 4.79 Å². The van der Waals surface area contributed by atoms with Gasteiger partial charge in [-0.1, -0.05) is 40.0 Å². The van der Waals surface area contributed by atoms with Crippen molar-refractivity contribution in [1.29, 1.82) is 0 Å². The third-order valence-corrected chi connectivity index (χ3v) is 4.05. The summed E-state index contributed by atoms with van der Waals surface area (Å²) in [7, 11) is 0. The fraction of sp³-hybridized carbons (Fsp3) is 0.938. The zero-order chi connectivity index (χ0) is 14.1. The van der Waals surface area contributed by atoms with Gasteiger partial charge in [0.05, 0.1) is 6.54 Å². The minimum absolute atomic E-state index is 0.282. The second kappa shape index (κ2) is 8.57. The van der Waals surface area contributed by atoms with Crippen LogP contribution in [0.3, 0.4) is 0 Å². The Morgan fingerprint density at radius 2 is 1.84 bits per heavy atom. The molecule has 1 fully saturated rings. The van der Waals surface area contributed by atoms with Crippen molar-refractivity contribution in [2.24, 2.45) is 5.41 Å². The standard InChI is InChI=1S/C16H32N2O/c1-4-5-7-10-16(2,3)14-17-13-15(19)18-11-8-6-9-12-18/h17H,4-14H2,1-3H3. The molecular formula is C16H32N2O. The molecule has 0 saturated carbocycles. The Morgan fingerprint density at radius 1 is 1.16 bits per heavy atom. The van der Waals surface area contributed by atoms with E-state index in [1.54, 1.807) is 0 Å². The lowest BCUT2D eigenvalue weighted by molar-refractivity contribution is -0.131. The molecule has 0 atom stereocenters. The molecule has 19 heavy (non-hydrogen) atoms. The molecule has 1 heterocycles. The molecule has 1 saturated heterocycles. The molecule has 0 radical (unpaired) electrons. The molecule has 0 aromatic rings. The third kappa shape index (κ3) is 6.95. The Labute approximate surface area is 119 Å². The van der Waals surface area contributed by atoms with Gasteiger partial charge in [-0.25, -0.2) is 0 Å². The minimum atomic E-state index is 0.282. The largest absolute Gasteiger partial charge is 0.342 e. The number of rotatable bonds is 8. The van der Waals surface area contributed by atoms with E-state index in [1.807, 2.05) is 4.90 Å². The summed E-state index contributed by atoms with van der Waals surface area (Å²) >= 11 is 0. The van der Waals surface area contributed by atoms with Crippen LogP contribution >= 0.6 is 0 Å². The van der Waals surface area contributed by atoms with E-state index in [0.717, 1.165) is 19.6 Å². The summed E-state index contributed by atoms with van der Waals surface area (Å²) in [5.74, 6) is 0.282. The quantitative estimate of drug-likeness (QED) is 0.686. The number of hydrogen-bond acceptors (Lipinski definition) is 2. The van der Waals surface area contributed by atoms with Gasteiger partial charge in [-0.15, -0.1) is 0 Å². The lowest BCUT2D eigenvalue weighted by atomic mass is 9.87. The van der Waals surface area contributed by atoms with Gasteiger partial charge in [0.15, 0.2) is 0 Å². The summed E-state index contributed by atoms with van der Waals surface area (Å²) in [5, 5.41) is 3.36. The number of likely N-dealkylation sites (tertiary alicyclic amines) is 1. The average Bonchev–Trinajstić information content (AvgIpc) is 2.39. The molecule has 3 heteroatoms. The number of amides is 1. The van der Waals surface area contributed by atoms with E-state index in [4.69, 9.17) is 0 Å². The Kier molecular flexibility index (Phi) is 7.44. The molecule has 1 aliphatic heterocycles. The normalized spacial score (nSPS) is 16.7. The molecule has 3 nitrogen and oxygen atoms in total. The van der Waals surface area contributed by atoms with E-state index >= 15 is 0 Å². The van der Waals surface area contributed by atoms with Crippen molar-refractivity contribution in [3.63, 3.8) is 0 Å². The molecule has 1 rings (SSSR count). The number of carbonyl (C=O) groups is 1. The van der Waals surface area contributed by atoms with Crippen molar-refractivity contribution >= 4 is 5.91 Å². The van der Waals surface area contributed by atoms with Gasteiger partial charge in [0.25, 0.3) is 0 Å². The van der Waals surface area contributed by atoms with Gasteiger partial charge in [0, 0.05) is 19.6 Å². The van der Waals surface area contributed by atoms with Crippen LogP contribution in [-0.4, -0.2) is 37.0 Å². The second-order valence-corrected chi connectivity index (χ2v) is 6.67. The van der Waals surface area contributed by atoms with Crippen LogP contribution in [0.4, 0.5) is 0 Å². The Balaban J connectivity index is 2.15. The average molecular weight is 268 g/mol. The highest BCUT2D eigenvalue weighted by molar-refractivity contribution is 5.78. The number of carbonyl (C=O) groups excluding carboxylic acids is 1. The summed E-state index contributed by atoms with van der Waals surface area (Å²) in [4.78, 5) is 14.0. The van der Waals surface area contributed by atoms with E-state index in [1.165, 1.54) is 44.9 Å². The first-order chi connectivity index (χ1) is 9.05. The van der Waals surface area contributed by atoms with Crippen molar-refractivity contribution in [3.05, 3.63) is 0 Å². The highest BCUT2D eigenvalue weighted by atomic mass is 16.2. The van der Waals surface area contributed by atoms with Crippen LogP contribution in [0.15, 0.2) is 0 Å². The van der Waals surface area contributed by atoms with E-state index in [2.05, 4.69) is 26.1 Å². The van der Waals surface area contributed by atoms with Crippen LogP contribution in [0, 0.1) is 5.41 Å². The fourth-order valence-corrected chi connectivity index (χ4v) is 2.70. The minimum Gasteiger partial charge on any atom is -0.342 e. The van der Waals surface area contributed by atoms with Crippen molar-refractivity contribution in [2.45, 2.75) is 65.7 Å². The van der Waals surface area contributed by atoms with Crippen molar-refractivity contribution in [2.75, 3.05) is 26.2 Å².